The van der Waals surface area contributed by atoms with Gasteiger partial charge in [0.15, 0.2) is 17.3 Å². The van der Waals surface area contributed by atoms with Gasteiger partial charge in [-0.1, -0.05) is 13.0 Å². The predicted molar refractivity (Wildman–Crippen MR) is 83.4 cm³/mol. The number of furan rings is 1. The van der Waals surface area contributed by atoms with Crippen LogP contribution in [0.2, 0.25) is 0 Å². The van der Waals surface area contributed by atoms with Crippen molar-refractivity contribution in [3.8, 4) is 11.5 Å². The molecule has 0 aliphatic carbocycles. The standard InChI is InChI=1S/C17H17NO6/c1-3-12-11(17(20)21)7-15(24-12)16(19)18(2)8-10-4-5-13-14(6-10)23-9-22-13/h4-7H,3,8-9H2,1-2H3,(H,20,21). The third-order valence-electron chi connectivity index (χ3n) is 3.77. The highest BCUT2D eigenvalue weighted by atomic mass is 16.7. The maximum absolute atomic E-state index is 12.5. The van der Waals surface area contributed by atoms with Crippen molar-refractivity contribution in [3.05, 3.63) is 46.9 Å². The summed E-state index contributed by atoms with van der Waals surface area (Å²) in [5.74, 6) is 0.156. The number of carboxylic acids is 1. The molecule has 0 saturated heterocycles. The number of rotatable bonds is 5. The molecular weight excluding hydrogens is 314 g/mol. The van der Waals surface area contributed by atoms with Crippen LogP contribution in [0.15, 0.2) is 28.7 Å². The second-order valence-corrected chi connectivity index (χ2v) is 5.46. The summed E-state index contributed by atoms with van der Waals surface area (Å²) >= 11 is 0. The molecule has 7 heteroatoms. The Balaban J connectivity index is 1.76. The number of carbonyl (C=O) groups excluding carboxylic acids is 1. The van der Waals surface area contributed by atoms with Crippen LogP contribution < -0.4 is 9.47 Å². The molecule has 0 atom stereocenters. The molecule has 24 heavy (non-hydrogen) atoms. The van der Waals surface area contributed by atoms with E-state index in [-0.39, 0.29) is 24.0 Å². The average molecular weight is 331 g/mol. The maximum Gasteiger partial charge on any atom is 0.339 e. The van der Waals surface area contributed by atoms with E-state index in [9.17, 15) is 9.59 Å². The number of hydrogen-bond donors (Lipinski definition) is 1. The molecule has 7 nitrogen and oxygen atoms in total. The molecule has 0 unspecified atom stereocenters. The van der Waals surface area contributed by atoms with Gasteiger partial charge in [-0.15, -0.1) is 0 Å². The van der Waals surface area contributed by atoms with Gasteiger partial charge in [-0.2, -0.15) is 0 Å². The van der Waals surface area contributed by atoms with Crippen LogP contribution in [0.1, 0.15) is 39.2 Å². The number of aromatic carboxylic acids is 1. The number of amides is 1. The second-order valence-electron chi connectivity index (χ2n) is 5.46. The third kappa shape index (κ3) is 2.92. The van der Waals surface area contributed by atoms with E-state index in [1.807, 2.05) is 12.1 Å². The van der Waals surface area contributed by atoms with Crippen molar-refractivity contribution in [2.75, 3.05) is 13.8 Å². The Hall–Kier alpha value is -2.96. The molecule has 0 radical (unpaired) electrons. The number of fused-ring (bicyclic) bond motifs is 1. The Kier molecular flexibility index (Phi) is 4.16. The van der Waals surface area contributed by atoms with E-state index in [4.69, 9.17) is 19.0 Å². The van der Waals surface area contributed by atoms with E-state index in [0.29, 0.717) is 30.2 Å². The van der Waals surface area contributed by atoms with Crippen LogP contribution >= 0.6 is 0 Å². The van der Waals surface area contributed by atoms with Gasteiger partial charge in [0, 0.05) is 26.1 Å². The van der Waals surface area contributed by atoms with E-state index in [2.05, 4.69) is 0 Å². The molecule has 126 valence electrons. The molecule has 1 amide bonds. The fraction of sp³-hybridized carbons (Fsp3) is 0.294. The molecule has 0 fully saturated rings. The number of aryl methyl sites for hydroxylation is 1. The lowest BCUT2D eigenvalue weighted by molar-refractivity contribution is 0.0693. The lowest BCUT2D eigenvalue weighted by Crippen LogP contribution is -2.25. The number of carbonyl (C=O) groups is 2. The highest BCUT2D eigenvalue weighted by Crippen LogP contribution is 2.32. The molecule has 1 aromatic heterocycles. The Labute approximate surface area is 138 Å². The molecule has 1 N–H and O–H groups in total. The largest absolute Gasteiger partial charge is 0.478 e. The van der Waals surface area contributed by atoms with Crippen molar-refractivity contribution in [2.24, 2.45) is 0 Å². The van der Waals surface area contributed by atoms with Crippen LogP contribution in [-0.2, 0) is 13.0 Å². The van der Waals surface area contributed by atoms with E-state index < -0.39 is 5.97 Å². The van der Waals surface area contributed by atoms with Gasteiger partial charge in [-0.05, 0) is 17.7 Å². The zero-order chi connectivity index (χ0) is 17.3. The molecule has 0 saturated carbocycles. The van der Waals surface area contributed by atoms with E-state index in [0.717, 1.165) is 5.56 Å². The maximum atomic E-state index is 12.5. The van der Waals surface area contributed by atoms with Gasteiger partial charge >= 0.3 is 5.97 Å². The van der Waals surface area contributed by atoms with E-state index in [1.54, 1.807) is 20.0 Å². The van der Waals surface area contributed by atoms with E-state index in [1.165, 1.54) is 11.0 Å². The number of hydrogen-bond acceptors (Lipinski definition) is 5. The SMILES string of the molecule is CCc1oc(C(=O)N(C)Cc2ccc3c(c2)OCO3)cc1C(=O)O. The first kappa shape index (κ1) is 15.9. The summed E-state index contributed by atoms with van der Waals surface area (Å²) in [6.07, 6.45) is 0.404. The highest BCUT2D eigenvalue weighted by Gasteiger charge is 2.23. The Morgan fingerprint density at radius 1 is 1.21 bits per heavy atom. The van der Waals surface area contributed by atoms with Crippen molar-refractivity contribution in [3.63, 3.8) is 0 Å². The summed E-state index contributed by atoms with van der Waals surface area (Å²) in [6, 6.07) is 6.73. The van der Waals surface area contributed by atoms with Gasteiger partial charge in [-0.25, -0.2) is 4.79 Å². The molecule has 1 aliphatic heterocycles. The van der Waals surface area contributed by atoms with Crippen molar-refractivity contribution in [2.45, 2.75) is 19.9 Å². The highest BCUT2D eigenvalue weighted by molar-refractivity contribution is 5.96. The molecule has 2 heterocycles. The van der Waals surface area contributed by atoms with Gasteiger partial charge < -0.3 is 23.9 Å². The normalized spacial score (nSPS) is 12.2. The lowest BCUT2D eigenvalue weighted by atomic mass is 10.2. The Morgan fingerprint density at radius 3 is 2.62 bits per heavy atom. The lowest BCUT2D eigenvalue weighted by Gasteiger charge is -2.16. The van der Waals surface area contributed by atoms with Crippen LogP contribution in [0, 0.1) is 0 Å². The van der Waals surface area contributed by atoms with Crippen LogP contribution in [0.3, 0.4) is 0 Å². The second kappa shape index (κ2) is 6.27. The van der Waals surface area contributed by atoms with E-state index >= 15 is 0 Å². The quantitative estimate of drug-likeness (QED) is 0.905. The smallest absolute Gasteiger partial charge is 0.339 e. The fourth-order valence-corrected chi connectivity index (χ4v) is 2.55. The topological polar surface area (TPSA) is 89.2 Å². The fourth-order valence-electron chi connectivity index (χ4n) is 2.55. The minimum atomic E-state index is -1.10. The van der Waals surface area contributed by atoms with Crippen molar-refractivity contribution >= 4 is 11.9 Å². The third-order valence-corrected chi connectivity index (χ3v) is 3.77. The van der Waals surface area contributed by atoms with Crippen molar-refractivity contribution in [1.29, 1.82) is 0 Å². The van der Waals surface area contributed by atoms with Crippen LogP contribution in [0.4, 0.5) is 0 Å². The molecule has 0 spiro atoms. The summed E-state index contributed by atoms with van der Waals surface area (Å²) in [6.45, 7) is 2.30. The zero-order valence-electron chi connectivity index (χ0n) is 13.4. The summed E-state index contributed by atoms with van der Waals surface area (Å²) < 4.78 is 16.0. The van der Waals surface area contributed by atoms with Gasteiger partial charge in [0.05, 0.1) is 0 Å². The Bertz CT molecular complexity index is 794. The molecule has 2 aromatic rings. The molecular formula is C17H17NO6. The number of ether oxygens (including phenoxy) is 2. The minimum Gasteiger partial charge on any atom is -0.478 e. The average Bonchev–Trinajstić information content (AvgIpc) is 3.20. The van der Waals surface area contributed by atoms with Crippen molar-refractivity contribution in [1.82, 2.24) is 4.90 Å². The van der Waals surface area contributed by atoms with Gasteiger partial charge in [0.1, 0.15) is 11.3 Å². The van der Waals surface area contributed by atoms with Crippen LogP contribution in [0.25, 0.3) is 0 Å². The summed E-state index contributed by atoms with van der Waals surface area (Å²) in [7, 11) is 1.63. The van der Waals surface area contributed by atoms with Crippen molar-refractivity contribution < 1.29 is 28.6 Å². The minimum absolute atomic E-state index is 0.0208. The summed E-state index contributed by atoms with van der Waals surface area (Å²) in [4.78, 5) is 25.1. The first-order chi connectivity index (χ1) is 11.5. The van der Waals surface area contributed by atoms with Gasteiger partial charge in [0.25, 0.3) is 5.91 Å². The summed E-state index contributed by atoms with van der Waals surface area (Å²) in [5, 5.41) is 9.14. The first-order valence-electron chi connectivity index (χ1n) is 7.49. The number of nitrogens with zero attached hydrogens (tertiary/aromatic N) is 1. The number of carboxylic acid groups (broad SMARTS) is 1. The predicted octanol–water partition coefficient (Wildman–Crippen LogP) is 2.54. The van der Waals surface area contributed by atoms with Crippen LogP contribution in [0.5, 0.6) is 11.5 Å². The Morgan fingerprint density at radius 2 is 1.96 bits per heavy atom. The van der Waals surface area contributed by atoms with Gasteiger partial charge in [0.2, 0.25) is 6.79 Å². The summed E-state index contributed by atoms with van der Waals surface area (Å²) in [5.41, 5.74) is 0.896. The monoisotopic (exact) mass is 331 g/mol. The van der Waals surface area contributed by atoms with Crippen LogP contribution in [-0.4, -0.2) is 35.7 Å². The molecule has 1 aromatic carbocycles. The zero-order valence-corrected chi connectivity index (χ0v) is 13.4. The molecule has 3 rings (SSSR count). The molecule has 1 aliphatic rings. The number of benzene rings is 1. The first-order valence-corrected chi connectivity index (χ1v) is 7.49. The molecule has 0 bridgehead atoms. The van der Waals surface area contributed by atoms with Gasteiger partial charge in [-0.3, -0.25) is 4.79 Å².